The summed E-state index contributed by atoms with van der Waals surface area (Å²) in [5.74, 6) is -0.307. The highest BCUT2D eigenvalue weighted by Crippen LogP contribution is 2.15. The van der Waals surface area contributed by atoms with E-state index in [-0.39, 0.29) is 12.0 Å². The van der Waals surface area contributed by atoms with Gasteiger partial charge in [-0.3, -0.25) is 0 Å². The van der Waals surface area contributed by atoms with Gasteiger partial charge in [-0.2, -0.15) is 0 Å². The van der Waals surface area contributed by atoms with Crippen LogP contribution in [0.15, 0.2) is 36.4 Å². The molecule has 1 N–H and O–H groups in total. The molecule has 0 aromatic heterocycles. The van der Waals surface area contributed by atoms with Crippen LogP contribution in [-0.4, -0.2) is 19.1 Å². The Bertz CT molecular complexity index is 401. The standard InChI is InChI=1S/C14H18ClNO2/c1-3-18-14(17)5-4-10-16-11(2)12-6-8-13(15)9-7-12/h4-9,11,16H,3,10H2,1-2H3/b5-4+/t11-/m0/s1. The maximum Gasteiger partial charge on any atom is 0.330 e. The van der Waals surface area contributed by atoms with Crippen LogP contribution in [0, 0.1) is 0 Å². The van der Waals surface area contributed by atoms with Crippen LogP contribution in [0.1, 0.15) is 25.5 Å². The SMILES string of the molecule is CCOC(=O)/C=C/CN[C@@H](C)c1ccc(Cl)cc1. The molecular formula is C14H18ClNO2. The molecule has 0 saturated carbocycles. The second-order valence-corrected chi connectivity index (χ2v) is 4.27. The van der Waals surface area contributed by atoms with E-state index in [2.05, 4.69) is 12.2 Å². The second kappa shape index (κ2) is 7.90. The quantitative estimate of drug-likeness (QED) is 0.636. The van der Waals surface area contributed by atoms with Crippen molar-refractivity contribution in [1.82, 2.24) is 5.32 Å². The number of hydrogen-bond acceptors (Lipinski definition) is 3. The van der Waals surface area contributed by atoms with Gasteiger partial charge in [0.15, 0.2) is 0 Å². The number of ether oxygens (including phenoxy) is 1. The first-order valence-corrected chi connectivity index (χ1v) is 6.33. The predicted octanol–water partition coefficient (Wildman–Crippen LogP) is 3.11. The molecule has 98 valence electrons. The smallest absolute Gasteiger partial charge is 0.330 e. The zero-order valence-electron chi connectivity index (χ0n) is 10.7. The van der Waals surface area contributed by atoms with E-state index in [1.54, 1.807) is 13.0 Å². The van der Waals surface area contributed by atoms with Gasteiger partial charge in [-0.15, -0.1) is 0 Å². The summed E-state index contributed by atoms with van der Waals surface area (Å²) in [6, 6.07) is 7.89. The normalized spacial score (nSPS) is 12.6. The molecule has 1 aromatic carbocycles. The molecule has 0 radical (unpaired) electrons. The van der Waals surface area contributed by atoms with Gasteiger partial charge in [-0.25, -0.2) is 4.79 Å². The maximum absolute atomic E-state index is 11.0. The highest BCUT2D eigenvalue weighted by molar-refractivity contribution is 6.30. The van der Waals surface area contributed by atoms with Gasteiger partial charge in [0, 0.05) is 23.7 Å². The van der Waals surface area contributed by atoms with Crippen LogP contribution in [0.2, 0.25) is 5.02 Å². The Hall–Kier alpha value is -1.32. The molecule has 0 aliphatic rings. The van der Waals surface area contributed by atoms with Crippen molar-refractivity contribution >= 4 is 17.6 Å². The fraction of sp³-hybridized carbons (Fsp3) is 0.357. The van der Waals surface area contributed by atoms with Crippen LogP contribution < -0.4 is 5.32 Å². The zero-order chi connectivity index (χ0) is 13.4. The molecule has 0 spiro atoms. The number of nitrogens with one attached hydrogen (secondary N) is 1. The van der Waals surface area contributed by atoms with E-state index in [0.717, 1.165) is 10.6 Å². The summed E-state index contributed by atoms with van der Waals surface area (Å²) < 4.78 is 4.78. The molecule has 0 bridgehead atoms. The number of rotatable bonds is 6. The lowest BCUT2D eigenvalue weighted by molar-refractivity contribution is -0.137. The number of carbonyl (C=O) groups excluding carboxylic acids is 1. The largest absolute Gasteiger partial charge is 0.463 e. The fourth-order valence-corrected chi connectivity index (χ4v) is 1.59. The highest BCUT2D eigenvalue weighted by atomic mass is 35.5. The number of benzene rings is 1. The van der Waals surface area contributed by atoms with Crippen molar-refractivity contribution in [3.8, 4) is 0 Å². The molecule has 0 amide bonds. The first-order valence-electron chi connectivity index (χ1n) is 5.95. The van der Waals surface area contributed by atoms with Crippen LogP contribution >= 0.6 is 11.6 Å². The third kappa shape index (κ3) is 5.34. The van der Waals surface area contributed by atoms with Crippen LogP contribution in [0.4, 0.5) is 0 Å². The minimum atomic E-state index is -0.307. The molecule has 0 aliphatic carbocycles. The monoisotopic (exact) mass is 267 g/mol. The van der Waals surface area contributed by atoms with Crippen molar-refractivity contribution in [1.29, 1.82) is 0 Å². The van der Waals surface area contributed by atoms with E-state index in [1.165, 1.54) is 6.08 Å². The Morgan fingerprint density at radius 2 is 2.11 bits per heavy atom. The molecule has 0 aliphatic heterocycles. The molecule has 3 nitrogen and oxygen atoms in total. The van der Waals surface area contributed by atoms with Crippen LogP contribution in [0.5, 0.6) is 0 Å². The minimum absolute atomic E-state index is 0.203. The van der Waals surface area contributed by atoms with Gasteiger partial charge in [-0.1, -0.05) is 29.8 Å². The van der Waals surface area contributed by atoms with Crippen molar-refractivity contribution in [2.45, 2.75) is 19.9 Å². The first-order chi connectivity index (χ1) is 8.63. The van der Waals surface area contributed by atoms with Crippen LogP contribution in [0.3, 0.4) is 0 Å². The van der Waals surface area contributed by atoms with Gasteiger partial charge >= 0.3 is 5.97 Å². The van der Waals surface area contributed by atoms with Gasteiger partial charge in [0.1, 0.15) is 0 Å². The van der Waals surface area contributed by atoms with Crippen LogP contribution in [0.25, 0.3) is 0 Å². The predicted molar refractivity (Wildman–Crippen MR) is 73.6 cm³/mol. The maximum atomic E-state index is 11.0. The van der Waals surface area contributed by atoms with E-state index in [1.807, 2.05) is 24.3 Å². The number of esters is 1. The van der Waals surface area contributed by atoms with Gasteiger partial charge in [0.05, 0.1) is 6.61 Å². The van der Waals surface area contributed by atoms with Crippen molar-refractivity contribution < 1.29 is 9.53 Å². The lowest BCUT2D eigenvalue weighted by Gasteiger charge is -2.12. The van der Waals surface area contributed by atoms with Gasteiger partial charge in [0.2, 0.25) is 0 Å². The second-order valence-electron chi connectivity index (χ2n) is 3.84. The summed E-state index contributed by atoms with van der Waals surface area (Å²) in [7, 11) is 0. The Balaban J connectivity index is 2.35. The van der Waals surface area contributed by atoms with E-state index < -0.39 is 0 Å². The highest BCUT2D eigenvalue weighted by Gasteiger charge is 2.02. The Morgan fingerprint density at radius 1 is 1.44 bits per heavy atom. The minimum Gasteiger partial charge on any atom is -0.463 e. The van der Waals surface area contributed by atoms with E-state index >= 15 is 0 Å². The molecule has 0 unspecified atom stereocenters. The summed E-state index contributed by atoms with van der Waals surface area (Å²) in [5, 5.41) is 4.01. The van der Waals surface area contributed by atoms with E-state index in [0.29, 0.717) is 13.2 Å². The number of hydrogen-bond donors (Lipinski definition) is 1. The first kappa shape index (κ1) is 14.7. The van der Waals surface area contributed by atoms with Crippen molar-refractivity contribution in [2.75, 3.05) is 13.2 Å². The molecule has 0 fully saturated rings. The van der Waals surface area contributed by atoms with Gasteiger partial charge in [-0.05, 0) is 31.5 Å². The summed E-state index contributed by atoms with van der Waals surface area (Å²) in [5.41, 5.74) is 1.16. The zero-order valence-corrected chi connectivity index (χ0v) is 11.4. The molecular weight excluding hydrogens is 250 g/mol. The van der Waals surface area contributed by atoms with Crippen molar-refractivity contribution in [3.63, 3.8) is 0 Å². The lowest BCUT2D eigenvalue weighted by atomic mass is 10.1. The van der Waals surface area contributed by atoms with Crippen molar-refractivity contribution in [3.05, 3.63) is 47.0 Å². The third-order valence-electron chi connectivity index (χ3n) is 2.45. The Morgan fingerprint density at radius 3 is 2.72 bits per heavy atom. The molecule has 1 aromatic rings. The third-order valence-corrected chi connectivity index (χ3v) is 2.70. The Labute approximate surface area is 113 Å². The number of halogens is 1. The molecule has 18 heavy (non-hydrogen) atoms. The van der Waals surface area contributed by atoms with Gasteiger partial charge in [0.25, 0.3) is 0 Å². The average Bonchev–Trinajstić information content (AvgIpc) is 2.35. The summed E-state index contributed by atoms with van der Waals surface area (Å²) in [6.45, 7) is 4.86. The topological polar surface area (TPSA) is 38.3 Å². The lowest BCUT2D eigenvalue weighted by Crippen LogP contribution is -2.18. The van der Waals surface area contributed by atoms with Gasteiger partial charge < -0.3 is 10.1 Å². The van der Waals surface area contributed by atoms with Crippen LogP contribution in [-0.2, 0) is 9.53 Å². The molecule has 0 heterocycles. The molecule has 1 atom stereocenters. The van der Waals surface area contributed by atoms with Crippen molar-refractivity contribution in [2.24, 2.45) is 0 Å². The summed E-state index contributed by atoms with van der Waals surface area (Å²) in [6.07, 6.45) is 3.19. The number of carbonyl (C=O) groups is 1. The summed E-state index contributed by atoms with van der Waals surface area (Å²) in [4.78, 5) is 11.0. The Kier molecular flexibility index (Phi) is 6.47. The molecule has 0 saturated heterocycles. The average molecular weight is 268 g/mol. The van der Waals surface area contributed by atoms with E-state index in [9.17, 15) is 4.79 Å². The van der Waals surface area contributed by atoms with E-state index in [4.69, 9.17) is 16.3 Å². The molecule has 1 rings (SSSR count). The fourth-order valence-electron chi connectivity index (χ4n) is 1.46. The molecule has 4 heteroatoms. The summed E-state index contributed by atoms with van der Waals surface area (Å²) >= 11 is 5.82.